The number of hydrogen-bond donors (Lipinski definition) is 1. The molecule has 23 heavy (non-hydrogen) atoms. The van der Waals surface area contributed by atoms with Crippen molar-refractivity contribution in [1.29, 1.82) is 0 Å². The molecule has 2 N–H and O–H groups in total. The summed E-state index contributed by atoms with van der Waals surface area (Å²) < 4.78 is 1.67. The maximum absolute atomic E-state index is 11.6. The Hall–Kier alpha value is -2.11. The molecule has 0 aliphatic carbocycles. The topological polar surface area (TPSA) is 73.3 Å². The molecule has 3 aromatic rings. The van der Waals surface area contributed by atoms with Gasteiger partial charge in [-0.05, 0) is 24.1 Å². The van der Waals surface area contributed by atoms with Crippen LogP contribution in [-0.4, -0.2) is 20.5 Å². The van der Waals surface area contributed by atoms with E-state index in [1.54, 1.807) is 28.9 Å². The van der Waals surface area contributed by atoms with Crippen LogP contribution >= 0.6 is 23.2 Å². The van der Waals surface area contributed by atoms with E-state index < -0.39 is 5.91 Å². The molecule has 3 rings (SSSR count). The number of aromatic nitrogens is 3. The van der Waals surface area contributed by atoms with Crippen LogP contribution in [0.25, 0.3) is 16.9 Å². The molecule has 1 amide bonds. The summed E-state index contributed by atoms with van der Waals surface area (Å²) >= 11 is 12.1. The summed E-state index contributed by atoms with van der Waals surface area (Å²) in [7, 11) is 0. The van der Waals surface area contributed by atoms with Crippen molar-refractivity contribution in [3.63, 3.8) is 0 Å². The molecule has 0 aliphatic heterocycles. The predicted octanol–water partition coefficient (Wildman–Crippen LogP) is 3.93. The summed E-state index contributed by atoms with van der Waals surface area (Å²) in [4.78, 5) is 16.1. The summed E-state index contributed by atoms with van der Waals surface area (Å²) in [6.07, 6.45) is 3.16. The highest BCUT2D eigenvalue weighted by Gasteiger charge is 2.19. The van der Waals surface area contributed by atoms with Crippen LogP contribution in [0.4, 0.5) is 0 Å². The van der Waals surface area contributed by atoms with Crippen molar-refractivity contribution in [3.8, 4) is 11.3 Å². The number of amides is 1. The number of halogens is 2. The number of benzene rings is 1. The van der Waals surface area contributed by atoms with Gasteiger partial charge >= 0.3 is 0 Å². The van der Waals surface area contributed by atoms with E-state index in [0.717, 1.165) is 16.8 Å². The van der Waals surface area contributed by atoms with Crippen LogP contribution in [0.1, 0.15) is 35.7 Å². The van der Waals surface area contributed by atoms with E-state index in [4.69, 9.17) is 28.9 Å². The van der Waals surface area contributed by atoms with Crippen LogP contribution in [0, 0.1) is 0 Å². The van der Waals surface area contributed by atoms with Gasteiger partial charge in [0.15, 0.2) is 5.65 Å². The molecule has 0 saturated heterocycles. The lowest BCUT2D eigenvalue weighted by molar-refractivity contribution is 0.0998. The zero-order valence-electron chi connectivity index (χ0n) is 12.5. The molecule has 118 valence electrons. The molecule has 0 fully saturated rings. The smallest absolute Gasteiger partial charge is 0.250 e. The number of carbonyl (C=O) groups is 1. The minimum absolute atomic E-state index is 0.0706. The van der Waals surface area contributed by atoms with Crippen molar-refractivity contribution < 1.29 is 4.79 Å². The summed E-state index contributed by atoms with van der Waals surface area (Å²) in [5.74, 6) is -0.444. The quantitative estimate of drug-likeness (QED) is 0.779. The second-order valence-corrected chi connectivity index (χ2v) is 6.40. The maximum atomic E-state index is 11.6. The molecular weight excluding hydrogens is 335 g/mol. The number of carbonyl (C=O) groups excluding carboxylic acids is 1. The first-order valence-electron chi connectivity index (χ1n) is 7.01. The first kappa shape index (κ1) is 15.8. The first-order valence-corrected chi connectivity index (χ1v) is 7.77. The fourth-order valence-corrected chi connectivity index (χ4v) is 3.14. The summed E-state index contributed by atoms with van der Waals surface area (Å²) in [6, 6.07) is 5.24. The van der Waals surface area contributed by atoms with Gasteiger partial charge in [0.1, 0.15) is 0 Å². The largest absolute Gasteiger partial charge is 0.366 e. The van der Waals surface area contributed by atoms with Crippen LogP contribution in [-0.2, 0) is 0 Å². The molecule has 0 bridgehead atoms. The van der Waals surface area contributed by atoms with E-state index in [2.05, 4.69) is 10.1 Å². The Kier molecular flexibility index (Phi) is 4.00. The van der Waals surface area contributed by atoms with Crippen molar-refractivity contribution in [1.82, 2.24) is 14.6 Å². The van der Waals surface area contributed by atoms with Gasteiger partial charge in [0.05, 0.1) is 23.7 Å². The number of rotatable bonds is 3. The standard InChI is InChI=1S/C16H14Cl2N4O/c1-8(2)14-12(15(19)23)6-21-22-13(7-20-16(14)22)9-3-10(17)5-11(18)4-9/h3-8H,1-2H3,(H2,19,23). The molecule has 2 aromatic heterocycles. The molecule has 0 atom stereocenters. The van der Waals surface area contributed by atoms with E-state index in [1.165, 1.54) is 6.20 Å². The third kappa shape index (κ3) is 2.78. The van der Waals surface area contributed by atoms with Crippen molar-refractivity contribution in [3.05, 3.63) is 51.8 Å². The highest BCUT2D eigenvalue weighted by atomic mass is 35.5. The Balaban J connectivity index is 2.30. The molecule has 0 radical (unpaired) electrons. The minimum atomic E-state index is -0.515. The highest BCUT2D eigenvalue weighted by Crippen LogP contribution is 2.30. The summed E-state index contributed by atoms with van der Waals surface area (Å²) in [6.45, 7) is 3.96. The molecule has 1 aromatic carbocycles. The van der Waals surface area contributed by atoms with Crippen LogP contribution in [0.2, 0.25) is 10.0 Å². The normalized spacial score (nSPS) is 11.3. The molecule has 7 heteroatoms. The molecule has 0 saturated carbocycles. The Labute approximate surface area is 143 Å². The monoisotopic (exact) mass is 348 g/mol. The van der Waals surface area contributed by atoms with Gasteiger partial charge < -0.3 is 5.73 Å². The fraction of sp³-hybridized carbons (Fsp3) is 0.188. The zero-order valence-corrected chi connectivity index (χ0v) is 14.1. The lowest BCUT2D eigenvalue weighted by Gasteiger charge is -2.12. The Morgan fingerprint density at radius 3 is 2.39 bits per heavy atom. The Morgan fingerprint density at radius 2 is 1.83 bits per heavy atom. The molecular formula is C16H14Cl2N4O. The molecule has 5 nitrogen and oxygen atoms in total. The lowest BCUT2D eigenvalue weighted by Crippen LogP contribution is -2.17. The number of fused-ring (bicyclic) bond motifs is 1. The second kappa shape index (κ2) is 5.83. The molecule has 0 spiro atoms. The van der Waals surface area contributed by atoms with Gasteiger partial charge in [-0.3, -0.25) is 4.79 Å². The second-order valence-electron chi connectivity index (χ2n) is 5.53. The van der Waals surface area contributed by atoms with Crippen molar-refractivity contribution >= 4 is 34.8 Å². The van der Waals surface area contributed by atoms with Crippen molar-refractivity contribution in [2.24, 2.45) is 5.73 Å². The van der Waals surface area contributed by atoms with Gasteiger partial charge in [-0.15, -0.1) is 0 Å². The van der Waals surface area contributed by atoms with Crippen molar-refractivity contribution in [2.45, 2.75) is 19.8 Å². The lowest BCUT2D eigenvalue weighted by atomic mass is 9.99. The Morgan fingerprint density at radius 1 is 1.17 bits per heavy atom. The third-order valence-corrected chi connectivity index (χ3v) is 4.01. The average molecular weight is 349 g/mol. The van der Waals surface area contributed by atoms with Gasteiger partial charge in [-0.1, -0.05) is 37.0 Å². The van der Waals surface area contributed by atoms with E-state index in [-0.39, 0.29) is 5.92 Å². The van der Waals surface area contributed by atoms with Crippen molar-refractivity contribution in [2.75, 3.05) is 0 Å². The molecule has 0 unspecified atom stereocenters. The fourth-order valence-electron chi connectivity index (χ4n) is 2.62. The Bertz CT molecular complexity index is 898. The SMILES string of the molecule is CC(C)c1c(C(N)=O)cnn2c(-c3cc(Cl)cc(Cl)c3)cnc12. The van der Waals surface area contributed by atoms with E-state index in [1.807, 2.05) is 13.8 Å². The van der Waals surface area contributed by atoms with Gasteiger partial charge in [0.2, 0.25) is 0 Å². The number of nitrogens with zero attached hydrogens (tertiary/aromatic N) is 3. The number of imidazole rings is 1. The van der Waals surface area contributed by atoms with Gasteiger partial charge in [0, 0.05) is 21.2 Å². The molecule has 0 aliphatic rings. The van der Waals surface area contributed by atoms with E-state index in [0.29, 0.717) is 21.3 Å². The number of hydrogen-bond acceptors (Lipinski definition) is 3. The average Bonchev–Trinajstić information content (AvgIpc) is 2.88. The maximum Gasteiger partial charge on any atom is 0.250 e. The van der Waals surface area contributed by atoms with Crippen LogP contribution in [0.15, 0.2) is 30.6 Å². The first-order chi connectivity index (χ1) is 10.9. The minimum Gasteiger partial charge on any atom is -0.366 e. The number of primary amides is 1. The molecule has 2 heterocycles. The summed E-state index contributed by atoms with van der Waals surface area (Å²) in [5.41, 5.74) is 8.74. The van der Waals surface area contributed by atoms with Gasteiger partial charge in [-0.2, -0.15) is 5.10 Å². The van der Waals surface area contributed by atoms with Gasteiger partial charge in [0.25, 0.3) is 5.91 Å². The van der Waals surface area contributed by atoms with Crippen LogP contribution < -0.4 is 5.73 Å². The van der Waals surface area contributed by atoms with E-state index >= 15 is 0 Å². The highest BCUT2D eigenvalue weighted by molar-refractivity contribution is 6.35. The van der Waals surface area contributed by atoms with Gasteiger partial charge in [-0.25, -0.2) is 9.50 Å². The number of nitrogens with two attached hydrogens (primary N) is 1. The van der Waals surface area contributed by atoms with Crippen LogP contribution in [0.5, 0.6) is 0 Å². The zero-order chi connectivity index (χ0) is 16.7. The van der Waals surface area contributed by atoms with Crippen LogP contribution in [0.3, 0.4) is 0 Å². The van der Waals surface area contributed by atoms with E-state index in [9.17, 15) is 4.79 Å². The summed E-state index contributed by atoms with van der Waals surface area (Å²) in [5, 5.41) is 5.36. The predicted molar refractivity (Wildman–Crippen MR) is 91.0 cm³/mol. The third-order valence-electron chi connectivity index (χ3n) is 3.57.